The highest BCUT2D eigenvalue weighted by Crippen LogP contribution is 2.50. The molecule has 0 saturated heterocycles. The molecule has 10 heteroatoms. The third-order valence-corrected chi connectivity index (χ3v) is 3.06. The van der Waals surface area contributed by atoms with Crippen LogP contribution < -0.4 is 5.73 Å². The van der Waals surface area contributed by atoms with Crippen molar-refractivity contribution in [1.29, 1.82) is 0 Å². The molecule has 0 aliphatic heterocycles. The second-order valence-corrected chi connectivity index (χ2v) is 5.79. The standard InChI is InChI=1S/C4H12N2O6P2/c5-1-2-6-4(14(10,11)12)3-13(7,8)9/h7-9H,1-3,5H2,(H-,10,11,12)/p+1. The molecular formula is C4H13N2O6P2+. The van der Waals surface area contributed by atoms with E-state index in [1.165, 1.54) is 0 Å². The predicted molar refractivity (Wildman–Crippen MR) is 51.8 cm³/mol. The Hall–Kier alpha value is 0.0900. The van der Waals surface area contributed by atoms with Gasteiger partial charge in [0, 0.05) is 6.54 Å². The van der Waals surface area contributed by atoms with E-state index in [1.54, 1.807) is 0 Å². The molecule has 84 valence electrons. The fourth-order valence-electron chi connectivity index (χ4n) is 0.618. The smallest absolute Gasteiger partial charge is 0.329 e. The average Bonchev–Trinajstić information content (AvgIpc) is 1.93. The lowest BCUT2D eigenvalue weighted by Crippen LogP contribution is -2.13. The van der Waals surface area contributed by atoms with Crippen LogP contribution in [0.3, 0.4) is 0 Å². The molecule has 7 N–H and O–H groups in total. The summed E-state index contributed by atoms with van der Waals surface area (Å²) >= 11 is 0. The number of nitrogens with zero attached hydrogens (tertiary/aromatic N) is 1. The molecule has 0 aromatic carbocycles. The molecule has 0 bridgehead atoms. The molecule has 0 saturated carbocycles. The lowest BCUT2D eigenvalue weighted by atomic mass is 10.7. The van der Waals surface area contributed by atoms with Gasteiger partial charge < -0.3 is 15.5 Å². The third-order valence-electron chi connectivity index (χ3n) is 1.11. The fourth-order valence-corrected chi connectivity index (χ4v) is 2.69. The van der Waals surface area contributed by atoms with E-state index in [-0.39, 0.29) is 13.1 Å². The Morgan fingerprint density at radius 2 is 1.86 bits per heavy atom. The first-order valence-electron chi connectivity index (χ1n) is 3.52. The molecule has 0 aliphatic carbocycles. The zero-order valence-electron chi connectivity index (χ0n) is 7.18. The van der Waals surface area contributed by atoms with E-state index in [0.29, 0.717) is 0 Å². The summed E-state index contributed by atoms with van der Waals surface area (Å²) in [4.78, 5) is 46.6. The second-order valence-electron chi connectivity index (χ2n) is 2.48. The molecule has 0 spiro atoms. The van der Waals surface area contributed by atoms with Crippen LogP contribution in [0.2, 0.25) is 0 Å². The molecule has 0 atom stereocenters. The molecule has 0 heterocycles. The summed E-state index contributed by atoms with van der Waals surface area (Å²) in [6.07, 6.45) is -0.933. The summed E-state index contributed by atoms with van der Waals surface area (Å²) in [5, 5.41) is 0. The topological polar surface area (TPSA) is 157 Å². The highest BCUT2D eigenvalue weighted by Gasteiger charge is 2.39. The van der Waals surface area contributed by atoms with Crippen molar-refractivity contribution in [3.05, 3.63) is 0 Å². The highest BCUT2D eigenvalue weighted by molar-refractivity contribution is 7.74. The Kier molecular flexibility index (Phi) is 5.28. The maximum absolute atomic E-state index is 10.7. The van der Waals surface area contributed by atoms with Crippen LogP contribution in [0.5, 0.6) is 0 Å². The monoisotopic (exact) mass is 247 g/mol. The van der Waals surface area contributed by atoms with E-state index >= 15 is 0 Å². The highest BCUT2D eigenvalue weighted by atomic mass is 31.2. The second kappa shape index (κ2) is 5.25. The predicted octanol–water partition coefficient (Wildman–Crippen LogP) is -1.74. The minimum atomic E-state index is -4.66. The molecular weight excluding hydrogens is 234 g/mol. The largest absolute Gasteiger partial charge is 0.410 e. The number of hydrogen-bond acceptors (Lipinski definition) is 6. The van der Waals surface area contributed by atoms with Gasteiger partial charge in [-0.05, 0) is 0 Å². The van der Waals surface area contributed by atoms with Gasteiger partial charge in [0.05, 0.1) is 6.54 Å². The molecule has 0 rings (SSSR count). The molecule has 8 nitrogen and oxygen atoms in total. The zero-order chi connectivity index (χ0) is 11.4. The van der Waals surface area contributed by atoms with E-state index in [2.05, 4.69) is 4.99 Å². The Labute approximate surface area is 80.8 Å². The first-order chi connectivity index (χ1) is 6.17. The Morgan fingerprint density at radius 1 is 1.36 bits per heavy atom. The molecule has 0 amide bonds. The van der Waals surface area contributed by atoms with Gasteiger partial charge in [-0.1, -0.05) is 0 Å². The van der Waals surface area contributed by atoms with Gasteiger partial charge in [0.2, 0.25) is 0 Å². The molecule has 0 radical (unpaired) electrons. The van der Waals surface area contributed by atoms with Gasteiger partial charge >= 0.3 is 15.5 Å². The van der Waals surface area contributed by atoms with Crippen LogP contribution in [-0.2, 0) is 4.57 Å². The van der Waals surface area contributed by atoms with Crippen LogP contribution in [0.25, 0.3) is 0 Å². The summed E-state index contributed by atoms with van der Waals surface area (Å²) in [5.74, 6) is 0. The van der Waals surface area contributed by atoms with Crippen molar-refractivity contribution >= 4 is 21.0 Å². The number of rotatable bonds is 5. The van der Waals surface area contributed by atoms with Crippen molar-refractivity contribution in [2.45, 2.75) is 0 Å². The van der Waals surface area contributed by atoms with Crippen LogP contribution in [0.1, 0.15) is 0 Å². The van der Waals surface area contributed by atoms with Crippen molar-refractivity contribution in [3.8, 4) is 0 Å². The Morgan fingerprint density at radius 3 is 2.14 bits per heavy atom. The number of nitrogens with two attached hydrogens (primary N) is 1. The van der Waals surface area contributed by atoms with Crippen molar-refractivity contribution in [1.82, 2.24) is 0 Å². The summed E-state index contributed by atoms with van der Waals surface area (Å²) in [6.45, 7) is 0.0116. The molecule has 0 aromatic heterocycles. The van der Waals surface area contributed by atoms with Crippen LogP contribution in [0.4, 0.5) is 0 Å². The maximum atomic E-state index is 10.7. The van der Waals surface area contributed by atoms with Crippen molar-refractivity contribution in [2.75, 3.05) is 19.3 Å². The van der Waals surface area contributed by atoms with Gasteiger partial charge in [-0.15, -0.1) is 0 Å². The van der Waals surface area contributed by atoms with Gasteiger partial charge in [-0.3, -0.25) is 9.56 Å². The van der Waals surface area contributed by atoms with E-state index < -0.39 is 27.2 Å². The van der Waals surface area contributed by atoms with Crippen molar-refractivity contribution in [3.63, 3.8) is 0 Å². The van der Waals surface area contributed by atoms with Crippen molar-refractivity contribution in [2.24, 2.45) is 10.7 Å². The maximum Gasteiger partial charge on any atom is 0.410 e. The van der Waals surface area contributed by atoms with Gasteiger partial charge in [-0.2, -0.15) is 14.7 Å². The molecule has 0 aromatic rings. The molecule has 0 fully saturated rings. The molecule has 0 unspecified atom stereocenters. The molecule has 14 heavy (non-hydrogen) atoms. The summed E-state index contributed by atoms with van der Waals surface area (Å²) in [5.41, 5.74) is 4.30. The number of aliphatic imine (C=N–C) groups is 1. The number of hydrogen-bond donors (Lipinski definition) is 6. The van der Waals surface area contributed by atoms with Gasteiger partial charge in [-0.25, -0.2) is 0 Å². The quantitative estimate of drug-likeness (QED) is 0.248. The van der Waals surface area contributed by atoms with Crippen molar-refractivity contribution < 1.29 is 29.0 Å². The zero-order valence-corrected chi connectivity index (χ0v) is 8.97. The SMILES string of the molecule is NCCN=C(C[P+](O)(O)O)P(=O)(O)O. The van der Waals surface area contributed by atoms with E-state index in [9.17, 15) is 4.57 Å². The molecule has 0 aliphatic rings. The van der Waals surface area contributed by atoms with Gasteiger partial charge in [0.25, 0.3) is 0 Å². The first-order valence-corrected chi connectivity index (χ1v) is 6.97. The van der Waals surface area contributed by atoms with Gasteiger partial charge in [0.1, 0.15) is 0 Å². The normalized spacial score (nSPS) is 14.6. The summed E-state index contributed by atoms with van der Waals surface area (Å²) in [7, 11) is -8.93. The summed E-state index contributed by atoms with van der Waals surface area (Å²) in [6, 6.07) is 0. The van der Waals surface area contributed by atoms with Gasteiger partial charge in [0.15, 0.2) is 11.6 Å². The van der Waals surface area contributed by atoms with E-state index in [4.69, 9.17) is 30.2 Å². The van der Waals surface area contributed by atoms with Crippen LogP contribution in [-0.4, -0.2) is 49.2 Å². The van der Waals surface area contributed by atoms with Crippen LogP contribution in [0.15, 0.2) is 4.99 Å². The lowest BCUT2D eigenvalue weighted by molar-refractivity contribution is 0.335. The van der Waals surface area contributed by atoms with E-state index in [1.807, 2.05) is 0 Å². The van der Waals surface area contributed by atoms with Crippen LogP contribution >= 0.6 is 15.5 Å². The third kappa shape index (κ3) is 6.53. The minimum Gasteiger partial charge on any atom is -0.329 e. The van der Waals surface area contributed by atoms with Crippen LogP contribution in [0, 0.1) is 0 Å². The fraction of sp³-hybridized carbons (Fsp3) is 0.750. The summed E-state index contributed by atoms with van der Waals surface area (Å²) < 4.78 is 10.7. The minimum absolute atomic E-state index is 0.0551. The Bertz CT molecular complexity index is 255. The first kappa shape index (κ1) is 14.1. The lowest BCUT2D eigenvalue weighted by Gasteiger charge is -2.08. The van der Waals surface area contributed by atoms with E-state index in [0.717, 1.165) is 0 Å². The Balaban J connectivity index is 4.68. The average molecular weight is 247 g/mol.